The molecule has 82 valence electrons. The molecule has 1 aromatic rings. The fraction of sp³-hybridized carbons (Fsp3) is 0.600. The topological polar surface area (TPSA) is 72.4 Å². The van der Waals surface area contributed by atoms with Crippen molar-refractivity contribution in [1.82, 2.24) is 5.16 Å². The number of carbonyl (C=O) groups is 1. The van der Waals surface area contributed by atoms with Crippen LogP contribution in [0.1, 0.15) is 17.7 Å². The fourth-order valence-corrected chi connectivity index (χ4v) is 1.79. The highest BCUT2D eigenvalue weighted by Crippen LogP contribution is 2.28. The Morgan fingerprint density at radius 2 is 2.33 bits per heavy atom. The van der Waals surface area contributed by atoms with Crippen LogP contribution in [0, 0.1) is 19.8 Å². The molecule has 1 saturated heterocycles. The predicted molar refractivity (Wildman–Crippen MR) is 55.5 cm³/mol. The summed E-state index contributed by atoms with van der Waals surface area (Å²) in [5.41, 5.74) is 7.31. The number of nitrogens with zero attached hydrogens (tertiary/aromatic N) is 2. The summed E-state index contributed by atoms with van der Waals surface area (Å²) in [7, 11) is 0. The maximum absolute atomic E-state index is 11.7. The van der Waals surface area contributed by atoms with E-state index in [4.69, 9.17) is 10.3 Å². The van der Waals surface area contributed by atoms with Gasteiger partial charge in [0.2, 0.25) is 11.8 Å². The Bertz CT molecular complexity index is 386. The third-order valence-corrected chi connectivity index (χ3v) is 2.92. The maximum atomic E-state index is 11.7. The minimum Gasteiger partial charge on any atom is -0.338 e. The van der Waals surface area contributed by atoms with E-state index in [9.17, 15) is 4.79 Å². The Kier molecular flexibility index (Phi) is 2.48. The van der Waals surface area contributed by atoms with Crippen LogP contribution in [0.3, 0.4) is 0 Å². The first-order chi connectivity index (χ1) is 7.13. The minimum atomic E-state index is 0.0738. The van der Waals surface area contributed by atoms with E-state index in [1.165, 1.54) is 0 Å². The quantitative estimate of drug-likeness (QED) is 0.774. The second-order valence-electron chi connectivity index (χ2n) is 4.01. The molecule has 0 bridgehead atoms. The lowest BCUT2D eigenvalue weighted by Crippen LogP contribution is -2.25. The first kappa shape index (κ1) is 10.2. The van der Waals surface area contributed by atoms with Gasteiger partial charge in [-0.2, -0.15) is 0 Å². The van der Waals surface area contributed by atoms with Crippen molar-refractivity contribution in [3.8, 4) is 0 Å². The average Bonchev–Trinajstić information content (AvgIpc) is 2.73. The molecule has 0 saturated carbocycles. The summed E-state index contributed by atoms with van der Waals surface area (Å²) in [6.07, 6.45) is 0.510. The molecule has 2 rings (SSSR count). The number of rotatable bonds is 2. The molecule has 15 heavy (non-hydrogen) atoms. The standard InChI is InChI=1S/C10H15N3O2/c1-6-7(2)12-15-10(6)13-5-8(4-11)3-9(13)14/h8H,3-5,11H2,1-2H3. The molecule has 0 aromatic carbocycles. The largest absolute Gasteiger partial charge is 0.338 e. The zero-order chi connectivity index (χ0) is 11.0. The molecule has 0 spiro atoms. The molecule has 1 amide bonds. The second-order valence-corrected chi connectivity index (χ2v) is 4.01. The highest BCUT2D eigenvalue weighted by Gasteiger charge is 2.33. The second kappa shape index (κ2) is 3.66. The lowest BCUT2D eigenvalue weighted by molar-refractivity contribution is -0.117. The van der Waals surface area contributed by atoms with Crippen molar-refractivity contribution >= 4 is 11.8 Å². The number of hydrogen-bond donors (Lipinski definition) is 1. The smallest absolute Gasteiger partial charge is 0.237 e. The molecule has 1 atom stereocenters. The van der Waals surface area contributed by atoms with Gasteiger partial charge in [0.25, 0.3) is 0 Å². The van der Waals surface area contributed by atoms with Crippen molar-refractivity contribution in [1.29, 1.82) is 0 Å². The van der Waals surface area contributed by atoms with Crippen LogP contribution in [0.4, 0.5) is 5.88 Å². The zero-order valence-electron chi connectivity index (χ0n) is 8.99. The maximum Gasteiger partial charge on any atom is 0.237 e. The molecule has 5 nitrogen and oxygen atoms in total. The van der Waals surface area contributed by atoms with E-state index < -0.39 is 0 Å². The SMILES string of the molecule is Cc1noc(N2CC(CN)CC2=O)c1C. The normalized spacial score (nSPS) is 21.4. The van der Waals surface area contributed by atoms with Gasteiger partial charge in [0.15, 0.2) is 0 Å². The number of amides is 1. The van der Waals surface area contributed by atoms with E-state index >= 15 is 0 Å². The van der Waals surface area contributed by atoms with E-state index in [0.29, 0.717) is 25.4 Å². The van der Waals surface area contributed by atoms with Crippen LogP contribution in [0.5, 0.6) is 0 Å². The Balaban J connectivity index is 2.25. The Morgan fingerprint density at radius 1 is 1.60 bits per heavy atom. The van der Waals surface area contributed by atoms with Crippen LogP contribution in [-0.2, 0) is 4.79 Å². The van der Waals surface area contributed by atoms with Crippen LogP contribution in [0.25, 0.3) is 0 Å². The van der Waals surface area contributed by atoms with Gasteiger partial charge in [-0.05, 0) is 26.3 Å². The van der Waals surface area contributed by atoms with Crippen molar-refractivity contribution in [2.75, 3.05) is 18.0 Å². The van der Waals surface area contributed by atoms with Crippen molar-refractivity contribution in [3.05, 3.63) is 11.3 Å². The van der Waals surface area contributed by atoms with Gasteiger partial charge < -0.3 is 10.3 Å². The summed E-state index contributed by atoms with van der Waals surface area (Å²) in [6.45, 7) is 4.95. The van der Waals surface area contributed by atoms with Crippen LogP contribution in [0.15, 0.2) is 4.52 Å². The van der Waals surface area contributed by atoms with E-state index in [0.717, 1.165) is 11.3 Å². The average molecular weight is 209 g/mol. The van der Waals surface area contributed by atoms with Crippen LogP contribution in [0.2, 0.25) is 0 Å². The molecular weight excluding hydrogens is 194 g/mol. The van der Waals surface area contributed by atoms with E-state index in [-0.39, 0.29) is 11.8 Å². The number of anilines is 1. The van der Waals surface area contributed by atoms with Gasteiger partial charge in [0.05, 0.1) is 5.69 Å². The molecular formula is C10H15N3O2. The fourth-order valence-electron chi connectivity index (χ4n) is 1.79. The van der Waals surface area contributed by atoms with Crippen molar-refractivity contribution in [2.24, 2.45) is 11.7 Å². The predicted octanol–water partition coefficient (Wildman–Crippen LogP) is 0.603. The molecule has 2 N–H and O–H groups in total. The van der Waals surface area contributed by atoms with Gasteiger partial charge in [0, 0.05) is 18.5 Å². The zero-order valence-corrected chi connectivity index (χ0v) is 8.99. The van der Waals surface area contributed by atoms with Gasteiger partial charge in [0.1, 0.15) is 0 Å². The minimum absolute atomic E-state index is 0.0738. The van der Waals surface area contributed by atoms with E-state index in [2.05, 4.69) is 5.16 Å². The molecule has 1 fully saturated rings. The van der Waals surface area contributed by atoms with Gasteiger partial charge in [-0.3, -0.25) is 9.69 Å². The first-order valence-electron chi connectivity index (χ1n) is 5.06. The first-order valence-corrected chi connectivity index (χ1v) is 5.06. The third-order valence-electron chi connectivity index (χ3n) is 2.92. The van der Waals surface area contributed by atoms with E-state index in [1.54, 1.807) is 4.90 Å². The summed E-state index contributed by atoms with van der Waals surface area (Å²) in [4.78, 5) is 13.3. The Morgan fingerprint density at radius 3 is 2.80 bits per heavy atom. The molecule has 0 aliphatic carbocycles. The van der Waals surface area contributed by atoms with Gasteiger partial charge in [-0.15, -0.1) is 0 Å². The van der Waals surface area contributed by atoms with E-state index in [1.807, 2.05) is 13.8 Å². The summed E-state index contributed by atoms with van der Waals surface area (Å²) < 4.78 is 5.16. The molecule has 0 radical (unpaired) electrons. The number of hydrogen-bond acceptors (Lipinski definition) is 4. The lowest BCUT2D eigenvalue weighted by Gasteiger charge is -2.12. The number of nitrogens with two attached hydrogens (primary N) is 1. The van der Waals surface area contributed by atoms with Crippen LogP contribution < -0.4 is 10.6 Å². The third kappa shape index (κ3) is 1.63. The van der Waals surface area contributed by atoms with Gasteiger partial charge in [-0.1, -0.05) is 5.16 Å². The van der Waals surface area contributed by atoms with Crippen LogP contribution in [-0.4, -0.2) is 24.2 Å². The summed E-state index contributed by atoms with van der Waals surface area (Å²) in [5, 5.41) is 3.85. The lowest BCUT2D eigenvalue weighted by atomic mass is 10.1. The summed E-state index contributed by atoms with van der Waals surface area (Å²) in [5.74, 6) is 0.889. The number of aryl methyl sites for hydroxylation is 1. The van der Waals surface area contributed by atoms with Crippen molar-refractivity contribution in [3.63, 3.8) is 0 Å². The highest BCUT2D eigenvalue weighted by atomic mass is 16.5. The van der Waals surface area contributed by atoms with Crippen molar-refractivity contribution in [2.45, 2.75) is 20.3 Å². The number of aromatic nitrogens is 1. The van der Waals surface area contributed by atoms with Gasteiger partial charge >= 0.3 is 0 Å². The molecule has 1 unspecified atom stereocenters. The molecule has 1 aromatic heterocycles. The number of carbonyl (C=O) groups excluding carboxylic acids is 1. The van der Waals surface area contributed by atoms with Gasteiger partial charge in [-0.25, -0.2) is 0 Å². The van der Waals surface area contributed by atoms with Crippen LogP contribution >= 0.6 is 0 Å². The molecule has 5 heteroatoms. The highest BCUT2D eigenvalue weighted by molar-refractivity contribution is 5.95. The molecule has 1 aliphatic heterocycles. The Labute approximate surface area is 88.2 Å². The monoisotopic (exact) mass is 209 g/mol. The molecule has 2 heterocycles. The summed E-state index contributed by atoms with van der Waals surface area (Å²) >= 11 is 0. The summed E-state index contributed by atoms with van der Waals surface area (Å²) in [6, 6.07) is 0. The van der Waals surface area contributed by atoms with Crippen molar-refractivity contribution < 1.29 is 9.32 Å². The molecule has 1 aliphatic rings. The Hall–Kier alpha value is -1.36.